The Hall–Kier alpha value is -1.52. The predicted octanol–water partition coefficient (Wildman–Crippen LogP) is 2.42. The standard InChI is InChI=1S/C15H26N2O3/c1-14(2,3)16-10-11(8-9-12(18)20-7)17(13(16)19)15(4,5)6/h8-9,11H,10H2,1-7H3/b9-8+/t11-/m1/s1. The van der Waals surface area contributed by atoms with Gasteiger partial charge in [0.1, 0.15) is 0 Å². The minimum absolute atomic E-state index is 0.00418. The number of carbonyl (C=O) groups excluding carboxylic acids is 2. The maximum absolute atomic E-state index is 12.6. The van der Waals surface area contributed by atoms with Gasteiger partial charge in [0.15, 0.2) is 0 Å². The third kappa shape index (κ3) is 3.52. The number of rotatable bonds is 2. The lowest BCUT2D eigenvalue weighted by Crippen LogP contribution is -2.50. The number of hydrogen-bond donors (Lipinski definition) is 0. The van der Waals surface area contributed by atoms with Gasteiger partial charge in [-0.3, -0.25) is 0 Å². The van der Waals surface area contributed by atoms with Gasteiger partial charge in [-0.15, -0.1) is 0 Å². The van der Waals surface area contributed by atoms with E-state index in [9.17, 15) is 9.59 Å². The number of methoxy groups -OCH3 is 1. The van der Waals surface area contributed by atoms with Crippen LogP contribution < -0.4 is 0 Å². The van der Waals surface area contributed by atoms with E-state index in [0.717, 1.165) is 0 Å². The van der Waals surface area contributed by atoms with Crippen LogP contribution in [0.5, 0.6) is 0 Å². The predicted molar refractivity (Wildman–Crippen MR) is 78.4 cm³/mol. The van der Waals surface area contributed by atoms with Crippen LogP contribution in [-0.4, -0.2) is 52.6 Å². The van der Waals surface area contributed by atoms with Gasteiger partial charge in [0, 0.05) is 23.7 Å². The maximum Gasteiger partial charge on any atom is 0.330 e. The molecule has 20 heavy (non-hydrogen) atoms. The maximum atomic E-state index is 12.6. The van der Waals surface area contributed by atoms with Gasteiger partial charge >= 0.3 is 12.0 Å². The van der Waals surface area contributed by atoms with Crippen LogP contribution in [0.1, 0.15) is 41.5 Å². The summed E-state index contributed by atoms with van der Waals surface area (Å²) in [7, 11) is 1.34. The van der Waals surface area contributed by atoms with Crippen LogP contribution >= 0.6 is 0 Å². The topological polar surface area (TPSA) is 49.9 Å². The van der Waals surface area contributed by atoms with E-state index in [1.165, 1.54) is 13.2 Å². The lowest BCUT2D eigenvalue weighted by Gasteiger charge is -2.36. The Morgan fingerprint density at radius 2 is 1.75 bits per heavy atom. The average molecular weight is 282 g/mol. The van der Waals surface area contributed by atoms with Crippen molar-refractivity contribution in [2.45, 2.75) is 58.7 Å². The zero-order valence-corrected chi connectivity index (χ0v) is 13.6. The van der Waals surface area contributed by atoms with Crippen LogP contribution in [0, 0.1) is 0 Å². The van der Waals surface area contributed by atoms with Crippen molar-refractivity contribution in [3.8, 4) is 0 Å². The zero-order chi connectivity index (χ0) is 15.7. The number of carbonyl (C=O) groups is 2. The first-order valence-electron chi connectivity index (χ1n) is 6.85. The molecule has 0 saturated carbocycles. The molecular weight excluding hydrogens is 256 g/mol. The van der Waals surface area contributed by atoms with Crippen LogP contribution in [0.15, 0.2) is 12.2 Å². The van der Waals surface area contributed by atoms with Gasteiger partial charge in [-0.05, 0) is 41.5 Å². The Kier molecular flexibility index (Phi) is 4.52. The first kappa shape index (κ1) is 16.5. The number of esters is 1. The molecule has 0 bridgehead atoms. The summed E-state index contributed by atoms with van der Waals surface area (Å²) >= 11 is 0. The highest BCUT2D eigenvalue weighted by atomic mass is 16.5. The molecule has 0 aliphatic carbocycles. The van der Waals surface area contributed by atoms with Crippen molar-refractivity contribution in [2.75, 3.05) is 13.7 Å². The molecular formula is C15H26N2O3. The molecule has 1 aliphatic heterocycles. The minimum Gasteiger partial charge on any atom is -0.466 e. The van der Waals surface area contributed by atoms with Crippen molar-refractivity contribution in [2.24, 2.45) is 0 Å². The molecule has 5 heteroatoms. The summed E-state index contributed by atoms with van der Waals surface area (Å²) in [5.74, 6) is -0.402. The SMILES string of the molecule is COC(=O)/C=C/[C@@H]1CN(C(C)(C)C)C(=O)N1C(C)(C)C. The lowest BCUT2D eigenvalue weighted by atomic mass is 10.0. The molecule has 1 aliphatic rings. The molecule has 5 nitrogen and oxygen atoms in total. The molecule has 0 aromatic carbocycles. The summed E-state index contributed by atoms with van der Waals surface area (Å²) in [5.41, 5.74) is -0.545. The molecule has 1 rings (SSSR count). The molecule has 2 amide bonds. The van der Waals surface area contributed by atoms with Crippen molar-refractivity contribution >= 4 is 12.0 Å². The molecule has 0 spiro atoms. The van der Waals surface area contributed by atoms with Gasteiger partial charge in [-0.1, -0.05) is 6.08 Å². The van der Waals surface area contributed by atoms with E-state index in [0.29, 0.717) is 6.54 Å². The first-order chi connectivity index (χ1) is 8.98. The smallest absolute Gasteiger partial charge is 0.330 e. The zero-order valence-electron chi connectivity index (χ0n) is 13.6. The van der Waals surface area contributed by atoms with Crippen LogP contribution in [-0.2, 0) is 9.53 Å². The van der Waals surface area contributed by atoms with Gasteiger partial charge in [-0.2, -0.15) is 0 Å². The van der Waals surface area contributed by atoms with Gasteiger partial charge in [0.05, 0.1) is 13.2 Å². The van der Waals surface area contributed by atoms with Gasteiger partial charge < -0.3 is 14.5 Å². The molecule has 0 N–H and O–H groups in total. The molecule has 1 saturated heterocycles. The Morgan fingerprint density at radius 1 is 1.20 bits per heavy atom. The summed E-state index contributed by atoms with van der Waals surface area (Å²) < 4.78 is 4.61. The van der Waals surface area contributed by atoms with Crippen molar-refractivity contribution < 1.29 is 14.3 Å². The molecule has 1 heterocycles. The molecule has 114 valence electrons. The largest absolute Gasteiger partial charge is 0.466 e. The highest BCUT2D eigenvalue weighted by molar-refractivity contribution is 5.83. The number of ether oxygens (including phenoxy) is 1. The molecule has 1 fully saturated rings. The second-order valence-corrected chi connectivity index (χ2v) is 7.05. The van der Waals surface area contributed by atoms with E-state index < -0.39 is 5.97 Å². The highest BCUT2D eigenvalue weighted by Gasteiger charge is 2.45. The number of amides is 2. The van der Waals surface area contributed by atoms with Gasteiger partial charge in [-0.25, -0.2) is 9.59 Å². The summed E-state index contributed by atoms with van der Waals surface area (Å²) in [6.07, 6.45) is 3.14. The van der Waals surface area contributed by atoms with Crippen molar-refractivity contribution in [3.05, 3.63) is 12.2 Å². The van der Waals surface area contributed by atoms with Crippen LogP contribution in [0.4, 0.5) is 4.79 Å². The Bertz CT molecular complexity index is 416. The lowest BCUT2D eigenvalue weighted by molar-refractivity contribution is -0.134. The van der Waals surface area contributed by atoms with Crippen LogP contribution in [0.2, 0.25) is 0 Å². The second kappa shape index (κ2) is 5.46. The summed E-state index contributed by atoms with van der Waals surface area (Å²) in [4.78, 5) is 27.5. The molecule has 0 aromatic heterocycles. The fraction of sp³-hybridized carbons (Fsp3) is 0.733. The first-order valence-corrected chi connectivity index (χ1v) is 6.85. The van der Waals surface area contributed by atoms with Crippen molar-refractivity contribution in [1.82, 2.24) is 9.80 Å². The van der Waals surface area contributed by atoms with E-state index in [2.05, 4.69) is 4.74 Å². The minimum atomic E-state index is -0.402. The van der Waals surface area contributed by atoms with Crippen molar-refractivity contribution in [1.29, 1.82) is 0 Å². The summed E-state index contributed by atoms with van der Waals surface area (Å²) in [6.45, 7) is 12.6. The third-order valence-electron chi connectivity index (χ3n) is 3.33. The number of nitrogens with zero attached hydrogens (tertiary/aromatic N) is 2. The van der Waals surface area contributed by atoms with E-state index in [1.54, 1.807) is 6.08 Å². The average Bonchev–Trinajstić information content (AvgIpc) is 2.62. The van der Waals surface area contributed by atoms with E-state index in [1.807, 2.05) is 51.3 Å². The highest BCUT2D eigenvalue weighted by Crippen LogP contribution is 2.30. The Labute approximate surface area is 121 Å². The summed E-state index contributed by atoms with van der Waals surface area (Å²) in [5, 5.41) is 0. The fourth-order valence-corrected chi connectivity index (χ4v) is 2.37. The Balaban J connectivity index is 3.06. The Morgan fingerprint density at radius 3 is 2.15 bits per heavy atom. The van der Waals surface area contributed by atoms with Crippen LogP contribution in [0.25, 0.3) is 0 Å². The summed E-state index contributed by atoms with van der Waals surface area (Å²) in [6, 6.07) is -0.120. The van der Waals surface area contributed by atoms with E-state index >= 15 is 0 Å². The number of hydrogen-bond acceptors (Lipinski definition) is 3. The third-order valence-corrected chi connectivity index (χ3v) is 3.33. The number of urea groups is 1. The molecule has 1 atom stereocenters. The van der Waals surface area contributed by atoms with E-state index in [-0.39, 0.29) is 23.2 Å². The molecule has 0 radical (unpaired) electrons. The molecule has 0 unspecified atom stereocenters. The van der Waals surface area contributed by atoms with Gasteiger partial charge in [0.25, 0.3) is 0 Å². The second-order valence-electron chi connectivity index (χ2n) is 7.05. The van der Waals surface area contributed by atoms with Gasteiger partial charge in [0.2, 0.25) is 0 Å². The van der Waals surface area contributed by atoms with Crippen LogP contribution in [0.3, 0.4) is 0 Å². The quantitative estimate of drug-likeness (QED) is 0.577. The van der Waals surface area contributed by atoms with E-state index in [4.69, 9.17) is 0 Å². The monoisotopic (exact) mass is 282 g/mol. The molecule has 0 aromatic rings. The fourth-order valence-electron chi connectivity index (χ4n) is 2.37. The van der Waals surface area contributed by atoms with Crippen molar-refractivity contribution in [3.63, 3.8) is 0 Å². The normalized spacial score (nSPS) is 20.9.